The zero-order chi connectivity index (χ0) is 42.2. The number of ether oxygens (including phenoxy) is 5. The second-order valence-electron chi connectivity index (χ2n) is 17.3. The predicted molar refractivity (Wildman–Crippen MR) is 213 cm³/mol. The summed E-state index contributed by atoms with van der Waals surface area (Å²) in [6.07, 6.45) is 4.93. The smallest absolute Gasteiger partial charge is 0.329 e. The Labute approximate surface area is 339 Å². The monoisotopic (exact) mass is 803 g/mol. The van der Waals surface area contributed by atoms with E-state index in [1.807, 2.05) is 32.9 Å². The van der Waals surface area contributed by atoms with E-state index in [1.165, 1.54) is 19.1 Å². The van der Waals surface area contributed by atoms with E-state index < -0.39 is 83.9 Å². The molecule has 0 aromatic heterocycles. The number of aliphatic hydroxyl groups excluding tert-OH is 2. The van der Waals surface area contributed by atoms with E-state index in [2.05, 4.69) is 6.58 Å². The Morgan fingerprint density at radius 3 is 2.25 bits per heavy atom. The Hall–Kier alpha value is -2.78. The lowest BCUT2D eigenvalue weighted by Gasteiger charge is -2.47. The van der Waals surface area contributed by atoms with Crippen LogP contribution < -0.4 is 0 Å². The van der Waals surface area contributed by atoms with E-state index in [9.17, 15) is 34.5 Å². The number of cyclic esters (lactones) is 1. The van der Waals surface area contributed by atoms with Gasteiger partial charge in [0.25, 0.3) is 11.7 Å². The third-order valence-electron chi connectivity index (χ3n) is 12.9. The molecule has 1 saturated carbocycles. The van der Waals surface area contributed by atoms with E-state index >= 15 is 0 Å². The summed E-state index contributed by atoms with van der Waals surface area (Å²) in [4.78, 5) is 57.8. The molecule has 2 bridgehead atoms. The van der Waals surface area contributed by atoms with Crippen molar-refractivity contribution in [1.29, 1.82) is 0 Å². The van der Waals surface area contributed by atoms with Gasteiger partial charge in [0.2, 0.25) is 5.79 Å². The van der Waals surface area contributed by atoms with Gasteiger partial charge in [-0.15, -0.1) is 6.58 Å². The van der Waals surface area contributed by atoms with Crippen molar-refractivity contribution in [3.05, 3.63) is 36.0 Å². The van der Waals surface area contributed by atoms with Gasteiger partial charge in [-0.1, -0.05) is 44.6 Å². The molecule has 0 aromatic rings. The summed E-state index contributed by atoms with van der Waals surface area (Å²) >= 11 is 0. The number of Topliss-reactive ketones (excluding diaryl/α,β-unsaturated/α-hetero) is 2. The Balaban J connectivity index is 1.78. The number of hydrogen-bond acceptors (Lipinski definition) is 12. The van der Waals surface area contributed by atoms with Crippen molar-refractivity contribution in [3.8, 4) is 0 Å². The van der Waals surface area contributed by atoms with Crippen LogP contribution in [0.5, 0.6) is 0 Å². The minimum atomic E-state index is -2.51. The van der Waals surface area contributed by atoms with Crippen LogP contribution in [-0.2, 0) is 42.9 Å². The third-order valence-corrected chi connectivity index (χ3v) is 12.9. The second kappa shape index (κ2) is 21.0. The summed E-state index contributed by atoms with van der Waals surface area (Å²) < 4.78 is 29.7. The van der Waals surface area contributed by atoms with Crippen LogP contribution >= 0.6 is 0 Å². The Morgan fingerprint density at radius 1 is 0.930 bits per heavy atom. The maximum atomic E-state index is 14.3. The quantitative estimate of drug-likeness (QED) is 0.185. The van der Waals surface area contributed by atoms with Gasteiger partial charge in [-0.25, -0.2) is 4.79 Å². The molecule has 3 aliphatic heterocycles. The molecule has 1 amide bonds. The van der Waals surface area contributed by atoms with E-state index in [1.54, 1.807) is 27.0 Å². The number of carbonyl (C=O) groups is 4. The number of esters is 1. The minimum Gasteiger partial charge on any atom is -0.456 e. The van der Waals surface area contributed by atoms with Gasteiger partial charge in [-0.2, -0.15) is 0 Å². The molecule has 3 fully saturated rings. The van der Waals surface area contributed by atoms with Crippen LogP contribution in [-0.4, -0.2) is 126 Å². The first-order chi connectivity index (χ1) is 27.0. The van der Waals surface area contributed by atoms with Crippen LogP contribution in [0, 0.1) is 29.6 Å². The van der Waals surface area contributed by atoms with E-state index in [0.29, 0.717) is 56.9 Å². The number of nitrogens with zero attached hydrogens (tertiary/aromatic N) is 1. The number of carbonyl (C=O) groups excluding carboxylic acids is 4. The molecule has 0 radical (unpaired) electrons. The fourth-order valence-electron chi connectivity index (χ4n) is 9.42. The molecule has 14 atom stereocenters. The summed E-state index contributed by atoms with van der Waals surface area (Å²) in [6, 6.07) is -1.14. The molecule has 57 heavy (non-hydrogen) atoms. The van der Waals surface area contributed by atoms with Gasteiger partial charge in [0.1, 0.15) is 24.0 Å². The SMILES string of the molecule is C=CCC1/C=C(\C)CC(C)CC(OC)C2OC(O)(C(=O)C(=O)N3CCCCC3C(=O)OC(C(C)=CC3CCC(O)C(OC)C3)C(C)C(O)CC1=O)C(C)CC2OC. The highest BCUT2D eigenvalue weighted by atomic mass is 16.7. The number of allylic oxidation sites excluding steroid dienone is 4. The zero-order valence-electron chi connectivity index (χ0n) is 35.4. The van der Waals surface area contributed by atoms with E-state index in [-0.39, 0.29) is 49.5 Å². The van der Waals surface area contributed by atoms with Crippen molar-refractivity contribution in [2.45, 2.75) is 160 Å². The molecule has 14 unspecified atom stereocenters. The molecular formula is C44H69NO12. The zero-order valence-corrected chi connectivity index (χ0v) is 35.4. The molecule has 3 heterocycles. The standard InChI is InChI=1S/C44H69NO12/c1-10-13-31-19-25(2)18-26(3)20-37(54-8)40-38(55-9)22-28(5)44(52,57-40)41(49)42(50)45-17-12-11-14-32(45)43(51)56-39(29(6)34(47)24-35(31)48)27(4)21-30-15-16-33(46)36(23-30)53-7/h10,19,21,26,28-34,36-40,46-47,52H,1,11-18,20,22-24H2,2-9H3/b25-19+,27-21?. The third kappa shape index (κ3) is 11.3. The Bertz CT molecular complexity index is 1480. The largest absolute Gasteiger partial charge is 0.456 e. The molecule has 1 aliphatic carbocycles. The fourth-order valence-corrected chi connectivity index (χ4v) is 9.42. The number of fused-ring (bicyclic) bond motifs is 3. The summed E-state index contributed by atoms with van der Waals surface area (Å²) in [5.41, 5.74) is 1.61. The molecule has 0 aromatic carbocycles. The van der Waals surface area contributed by atoms with Gasteiger partial charge in [0.05, 0.1) is 30.5 Å². The number of aliphatic hydroxyl groups is 3. The molecule has 2 saturated heterocycles. The molecule has 3 N–H and O–H groups in total. The van der Waals surface area contributed by atoms with Crippen LogP contribution in [0.3, 0.4) is 0 Å². The number of rotatable bonds is 7. The normalized spacial score (nSPS) is 41.0. The lowest BCUT2D eigenvalue weighted by molar-refractivity contribution is -0.302. The summed E-state index contributed by atoms with van der Waals surface area (Å²) in [7, 11) is 4.61. The first kappa shape index (κ1) is 46.9. The van der Waals surface area contributed by atoms with E-state index in [4.69, 9.17) is 23.7 Å². The van der Waals surface area contributed by atoms with Crippen molar-refractivity contribution < 1.29 is 58.2 Å². The van der Waals surface area contributed by atoms with Crippen molar-refractivity contribution in [2.24, 2.45) is 29.6 Å². The highest BCUT2D eigenvalue weighted by molar-refractivity contribution is 6.39. The molecule has 13 heteroatoms. The number of methoxy groups -OCH3 is 3. The lowest BCUT2D eigenvalue weighted by atomic mass is 9.81. The van der Waals surface area contributed by atoms with Gasteiger partial charge in [-0.3, -0.25) is 14.4 Å². The van der Waals surface area contributed by atoms with Crippen molar-refractivity contribution in [3.63, 3.8) is 0 Å². The number of amides is 1. The van der Waals surface area contributed by atoms with Gasteiger partial charge in [0, 0.05) is 52.0 Å². The van der Waals surface area contributed by atoms with Crippen molar-refractivity contribution in [2.75, 3.05) is 27.9 Å². The first-order valence-corrected chi connectivity index (χ1v) is 20.9. The lowest BCUT2D eigenvalue weighted by Crippen LogP contribution is -2.64. The van der Waals surface area contributed by atoms with Crippen LogP contribution in [0.2, 0.25) is 0 Å². The Morgan fingerprint density at radius 2 is 1.60 bits per heavy atom. The molecule has 322 valence electrons. The number of hydrogen-bond donors (Lipinski definition) is 3. The summed E-state index contributed by atoms with van der Waals surface area (Å²) in [5, 5.41) is 34.1. The van der Waals surface area contributed by atoms with Crippen LogP contribution in [0.25, 0.3) is 0 Å². The van der Waals surface area contributed by atoms with Crippen LogP contribution in [0.1, 0.15) is 105 Å². The highest BCUT2D eigenvalue weighted by Crippen LogP contribution is 2.39. The van der Waals surface area contributed by atoms with Crippen LogP contribution in [0.15, 0.2) is 36.0 Å². The predicted octanol–water partition coefficient (Wildman–Crippen LogP) is 4.64. The maximum Gasteiger partial charge on any atom is 0.329 e. The number of piperidine rings is 1. The molecular weight excluding hydrogens is 734 g/mol. The average Bonchev–Trinajstić information content (AvgIpc) is 3.18. The minimum absolute atomic E-state index is 0.00988. The number of ketones is 2. The maximum absolute atomic E-state index is 14.3. The molecule has 13 nitrogen and oxygen atoms in total. The van der Waals surface area contributed by atoms with Crippen molar-refractivity contribution >= 4 is 23.4 Å². The summed E-state index contributed by atoms with van der Waals surface area (Å²) in [6.45, 7) is 13.1. The van der Waals surface area contributed by atoms with Gasteiger partial charge < -0.3 is 43.9 Å². The van der Waals surface area contributed by atoms with Crippen molar-refractivity contribution in [1.82, 2.24) is 4.90 Å². The summed E-state index contributed by atoms with van der Waals surface area (Å²) in [5.74, 6) is -7.76. The van der Waals surface area contributed by atoms with Gasteiger partial charge >= 0.3 is 5.97 Å². The van der Waals surface area contributed by atoms with Gasteiger partial charge in [-0.05, 0) is 95.5 Å². The second-order valence-corrected chi connectivity index (χ2v) is 17.3. The first-order valence-electron chi connectivity index (χ1n) is 20.9. The molecule has 4 aliphatic rings. The Kier molecular flexibility index (Phi) is 17.2. The molecule has 0 spiro atoms. The molecule has 4 rings (SSSR count). The topological polar surface area (TPSA) is 178 Å². The van der Waals surface area contributed by atoms with Crippen LogP contribution in [0.4, 0.5) is 0 Å². The van der Waals surface area contributed by atoms with Gasteiger partial charge in [0.15, 0.2) is 0 Å². The highest BCUT2D eigenvalue weighted by Gasteiger charge is 2.56. The average molecular weight is 804 g/mol. The fraction of sp³-hybridized carbons (Fsp3) is 0.773. The van der Waals surface area contributed by atoms with E-state index in [0.717, 1.165) is 5.57 Å².